The van der Waals surface area contributed by atoms with E-state index >= 15 is 0 Å². The van der Waals surface area contributed by atoms with Crippen LogP contribution >= 0.6 is 23.2 Å². The van der Waals surface area contributed by atoms with Gasteiger partial charge in [0.05, 0.1) is 0 Å². The molecule has 104 valence electrons. The van der Waals surface area contributed by atoms with Crippen LogP contribution in [0.3, 0.4) is 0 Å². The lowest BCUT2D eigenvalue weighted by atomic mass is 10.0. The van der Waals surface area contributed by atoms with Crippen molar-refractivity contribution in [2.45, 2.75) is 31.8 Å². The van der Waals surface area contributed by atoms with Gasteiger partial charge in [-0.05, 0) is 31.0 Å². The first kappa shape index (κ1) is 14.6. The molecule has 5 heteroatoms. The Morgan fingerprint density at radius 2 is 2.16 bits per heavy atom. The Hall–Kier alpha value is -0.770. The van der Waals surface area contributed by atoms with Crippen LogP contribution in [0.5, 0.6) is 0 Å². The molecule has 1 aromatic rings. The molecule has 0 saturated carbocycles. The maximum Gasteiger partial charge on any atom is 0.222 e. The number of benzene rings is 1. The van der Waals surface area contributed by atoms with Crippen LogP contribution in [0, 0.1) is 0 Å². The van der Waals surface area contributed by atoms with Gasteiger partial charge in [0, 0.05) is 42.1 Å². The van der Waals surface area contributed by atoms with Gasteiger partial charge in [0.1, 0.15) is 0 Å². The van der Waals surface area contributed by atoms with Gasteiger partial charge in [-0.15, -0.1) is 0 Å². The molecule has 0 aromatic heterocycles. The summed E-state index contributed by atoms with van der Waals surface area (Å²) in [5, 5.41) is 4.84. The number of hydrogen-bond donors (Lipinski definition) is 1. The van der Waals surface area contributed by atoms with Crippen molar-refractivity contribution in [1.82, 2.24) is 10.2 Å². The van der Waals surface area contributed by atoms with E-state index in [1.807, 2.05) is 19.2 Å². The van der Waals surface area contributed by atoms with E-state index in [0.717, 1.165) is 18.5 Å². The van der Waals surface area contributed by atoms with Gasteiger partial charge in [0.25, 0.3) is 0 Å². The van der Waals surface area contributed by atoms with Crippen molar-refractivity contribution in [3.8, 4) is 0 Å². The lowest BCUT2D eigenvalue weighted by Gasteiger charge is -2.32. The first-order valence-corrected chi connectivity index (χ1v) is 7.18. The van der Waals surface area contributed by atoms with Crippen LogP contribution in [0.15, 0.2) is 18.2 Å². The SMILES string of the molecule is CC(NC1CCC(=O)N(C)C1)c1ccc(Cl)cc1Cl. The molecule has 1 heterocycles. The molecule has 0 aliphatic carbocycles. The van der Waals surface area contributed by atoms with Gasteiger partial charge in [-0.1, -0.05) is 29.3 Å². The summed E-state index contributed by atoms with van der Waals surface area (Å²) in [7, 11) is 1.84. The Labute approximate surface area is 123 Å². The van der Waals surface area contributed by atoms with Crippen LogP contribution in [0.1, 0.15) is 31.4 Å². The minimum absolute atomic E-state index is 0.136. The molecule has 2 rings (SSSR count). The third-order valence-corrected chi connectivity index (χ3v) is 4.10. The number of amides is 1. The largest absolute Gasteiger partial charge is 0.344 e. The Balaban J connectivity index is 2.01. The maximum atomic E-state index is 11.4. The van der Waals surface area contributed by atoms with Gasteiger partial charge in [-0.25, -0.2) is 0 Å². The van der Waals surface area contributed by atoms with Crippen molar-refractivity contribution in [2.75, 3.05) is 13.6 Å². The fraction of sp³-hybridized carbons (Fsp3) is 0.500. The third kappa shape index (κ3) is 3.62. The predicted octanol–water partition coefficient (Wildman–Crippen LogP) is 3.26. The van der Waals surface area contributed by atoms with Gasteiger partial charge in [0.15, 0.2) is 0 Å². The smallest absolute Gasteiger partial charge is 0.222 e. The monoisotopic (exact) mass is 300 g/mol. The van der Waals surface area contributed by atoms with E-state index in [-0.39, 0.29) is 11.9 Å². The van der Waals surface area contributed by atoms with E-state index in [9.17, 15) is 4.79 Å². The van der Waals surface area contributed by atoms with Gasteiger partial charge in [-0.2, -0.15) is 0 Å². The van der Waals surface area contributed by atoms with Crippen molar-refractivity contribution in [2.24, 2.45) is 0 Å². The van der Waals surface area contributed by atoms with Gasteiger partial charge >= 0.3 is 0 Å². The number of likely N-dealkylation sites (tertiary alicyclic amines) is 1. The summed E-state index contributed by atoms with van der Waals surface area (Å²) in [6.45, 7) is 2.82. The average molecular weight is 301 g/mol. The molecule has 0 radical (unpaired) electrons. The molecule has 3 nitrogen and oxygen atoms in total. The molecule has 19 heavy (non-hydrogen) atoms. The number of nitrogens with zero attached hydrogens (tertiary/aromatic N) is 1. The van der Waals surface area contributed by atoms with Gasteiger partial charge < -0.3 is 10.2 Å². The molecular formula is C14H18Cl2N2O. The number of rotatable bonds is 3. The summed E-state index contributed by atoms with van der Waals surface area (Å²) in [5.41, 5.74) is 1.03. The van der Waals surface area contributed by atoms with E-state index < -0.39 is 0 Å². The zero-order valence-electron chi connectivity index (χ0n) is 11.1. The predicted molar refractivity (Wildman–Crippen MR) is 78.7 cm³/mol. The highest BCUT2D eigenvalue weighted by molar-refractivity contribution is 6.35. The molecule has 2 atom stereocenters. The third-order valence-electron chi connectivity index (χ3n) is 3.54. The van der Waals surface area contributed by atoms with Crippen LogP contribution in [0.2, 0.25) is 10.0 Å². The van der Waals surface area contributed by atoms with Crippen LogP contribution in [0.25, 0.3) is 0 Å². The van der Waals surface area contributed by atoms with Crippen molar-refractivity contribution < 1.29 is 4.79 Å². The Morgan fingerprint density at radius 1 is 1.42 bits per heavy atom. The van der Waals surface area contributed by atoms with Gasteiger partial charge in [0.2, 0.25) is 5.91 Å². The van der Waals surface area contributed by atoms with Crippen molar-refractivity contribution in [1.29, 1.82) is 0 Å². The summed E-state index contributed by atoms with van der Waals surface area (Å²) in [4.78, 5) is 13.2. The normalized spacial score (nSPS) is 21.6. The highest BCUT2D eigenvalue weighted by Gasteiger charge is 2.24. The van der Waals surface area contributed by atoms with E-state index in [2.05, 4.69) is 12.2 Å². The van der Waals surface area contributed by atoms with Crippen LogP contribution in [-0.4, -0.2) is 30.4 Å². The number of hydrogen-bond acceptors (Lipinski definition) is 2. The minimum atomic E-state index is 0.136. The first-order valence-electron chi connectivity index (χ1n) is 6.42. The topological polar surface area (TPSA) is 32.3 Å². The molecule has 1 amide bonds. The lowest BCUT2D eigenvalue weighted by Crippen LogP contribution is -2.47. The number of carbonyl (C=O) groups is 1. The summed E-state index contributed by atoms with van der Waals surface area (Å²) in [6, 6.07) is 5.99. The summed E-state index contributed by atoms with van der Waals surface area (Å²) in [5.74, 6) is 0.218. The Kier molecular flexibility index (Phi) is 4.71. The quantitative estimate of drug-likeness (QED) is 0.929. The average Bonchev–Trinajstić information content (AvgIpc) is 2.33. The maximum absolute atomic E-state index is 11.4. The van der Waals surface area contributed by atoms with E-state index in [1.165, 1.54) is 0 Å². The number of nitrogens with one attached hydrogen (secondary N) is 1. The first-order chi connectivity index (χ1) is 8.97. The fourth-order valence-corrected chi connectivity index (χ4v) is 3.02. The lowest BCUT2D eigenvalue weighted by molar-refractivity contribution is -0.132. The summed E-state index contributed by atoms with van der Waals surface area (Å²) in [6.07, 6.45) is 1.48. The molecule has 1 aliphatic heterocycles. The van der Waals surface area contributed by atoms with Crippen molar-refractivity contribution >= 4 is 29.1 Å². The standard InChI is InChI=1S/C14H18Cl2N2O/c1-9(12-5-3-10(15)7-13(12)16)17-11-4-6-14(19)18(2)8-11/h3,5,7,9,11,17H,4,6,8H2,1-2H3. The fourth-order valence-electron chi connectivity index (χ4n) is 2.44. The highest BCUT2D eigenvalue weighted by atomic mass is 35.5. The molecule has 1 aliphatic rings. The van der Waals surface area contributed by atoms with Crippen molar-refractivity contribution in [3.63, 3.8) is 0 Å². The van der Waals surface area contributed by atoms with Gasteiger partial charge in [-0.3, -0.25) is 4.79 Å². The molecular weight excluding hydrogens is 283 g/mol. The molecule has 1 fully saturated rings. The Morgan fingerprint density at radius 3 is 2.79 bits per heavy atom. The summed E-state index contributed by atoms with van der Waals surface area (Å²) < 4.78 is 0. The number of halogens is 2. The van der Waals surface area contributed by atoms with E-state index in [0.29, 0.717) is 22.5 Å². The molecule has 0 spiro atoms. The number of piperidine rings is 1. The number of carbonyl (C=O) groups excluding carboxylic acids is 1. The number of likely N-dealkylation sites (N-methyl/N-ethyl adjacent to an activating group) is 1. The van der Waals surface area contributed by atoms with E-state index in [4.69, 9.17) is 23.2 Å². The second-order valence-electron chi connectivity index (χ2n) is 5.06. The molecule has 1 aromatic carbocycles. The second kappa shape index (κ2) is 6.12. The molecule has 2 unspecified atom stereocenters. The highest BCUT2D eigenvalue weighted by Crippen LogP contribution is 2.27. The van der Waals surface area contributed by atoms with Crippen molar-refractivity contribution in [3.05, 3.63) is 33.8 Å². The zero-order chi connectivity index (χ0) is 14.0. The van der Waals surface area contributed by atoms with Crippen LogP contribution in [0.4, 0.5) is 0 Å². The van der Waals surface area contributed by atoms with E-state index in [1.54, 1.807) is 11.0 Å². The zero-order valence-corrected chi connectivity index (χ0v) is 12.6. The minimum Gasteiger partial charge on any atom is -0.344 e. The molecule has 1 N–H and O–H groups in total. The second-order valence-corrected chi connectivity index (χ2v) is 5.91. The molecule has 1 saturated heterocycles. The van der Waals surface area contributed by atoms with Crippen LogP contribution in [-0.2, 0) is 4.79 Å². The Bertz CT molecular complexity index is 479. The molecule has 0 bridgehead atoms. The van der Waals surface area contributed by atoms with Crippen LogP contribution < -0.4 is 5.32 Å². The summed E-state index contributed by atoms with van der Waals surface area (Å²) >= 11 is 12.1.